The lowest BCUT2D eigenvalue weighted by Crippen LogP contribution is -2.53. The maximum atomic E-state index is 11.3. The summed E-state index contributed by atoms with van der Waals surface area (Å²) in [5.74, 6) is 0.254. The lowest BCUT2D eigenvalue weighted by atomic mass is 10.1. The van der Waals surface area contributed by atoms with Crippen molar-refractivity contribution < 1.29 is 14.5 Å². The number of benzene rings is 2. The van der Waals surface area contributed by atoms with Crippen molar-refractivity contribution in [1.82, 2.24) is 9.80 Å². The number of piperazine rings is 2. The van der Waals surface area contributed by atoms with Crippen molar-refractivity contribution >= 4 is 34.6 Å². The Morgan fingerprint density at radius 1 is 0.784 bits per heavy atom. The number of hydrogen-bond acceptors (Lipinski definition) is 7. The van der Waals surface area contributed by atoms with Gasteiger partial charge in [-0.25, -0.2) is 0 Å². The van der Waals surface area contributed by atoms with E-state index in [4.69, 9.17) is 5.73 Å². The second-order valence-corrected chi connectivity index (χ2v) is 9.38. The predicted molar refractivity (Wildman–Crippen MR) is 149 cm³/mol. The Morgan fingerprint density at radius 3 is 1.49 bits per heavy atom. The molecular weight excluding hydrogens is 472 g/mol. The summed E-state index contributed by atoms with van der Waals surface area (Å²) < 4.78 is 0. The zero-order chi connectivity index (χ0) is 26.4. The summed E-state index contributed by atoms with van der Waals surface area (Å²) in [4.78, 5) is 41.1. The molecule has 2 heterocycles. The van der Waals surface area contributed by atoms with Crippen LogP contribution < -0.4 is 15.5 Å². The van der Waals surface area contributed by atoms with Gasteiger partial charge in [0.25, 0.3) is 5.69 Å². The number of nitro groups is 1. The van der Waals surface area contributed by atoms with Gasteiger partial charge in [0.2, 0.25) is 11.8 Å². The minimum Gasteiger partial charge on any atom is -0.399 e. The summed E-state index contributed by atoms with van der Waals surface area (Å²) in [5.41, 5.74) is 8.69. The van der Waals surface area contributed by atoms with Gasteiger partial charge in [-0.3, -0.25) is 19.7 Å². The van der Waals surface area contributed by atoms with Crippen LogP contribution in [0.15, 0.2) is 48.5 Å². The van der Waals surface area contributed by atoms with Crippen molar-refractivity contribution in [2.75, 3.05) is 54.8 Å². The van der Waals surface area contributed by atoms with E-state index in [1.807, 2.05) is 34.1 Å². The van der Waals surface area contributed by atoms with Crippen LogP contribution >= 0.6 is 0 Å². The van der Waals surface area contributed by atoms with Crippen LogP contribution in [0.5, 0.6) is 0 Å². The third kappa shape index (κ3) is 7.58. The Balaban J connectivity index is 0.000000255. The standard InChI is InChI=1S/C13H17N3O3.C13H19N3O.CH4/c1-10-9-14(11(2)17)7-8-15(10)12-3-5-13(6-4-12)16(18)19;1-10-9-15(11(2)17)7-8-16(10)13-5-3-12(14)4-6-13;/h3-6,10H,7-9H2,1-2H3;3-6,10H,7-9,14H2,1-2H3;1H4/t2*10-;/m11./s1. The van der Waals surface area contributed by atoms with Gasteiger partial charge < -0.3 is 25.3 Å². The highest BCUT2D eigenvalue weighted by molar-refractivity contribution is 5.74. The number of carbonyl (C=O) groups excluding carboxylic acids is 2. The first kappa shape index (κ1) is 29.4. The second kappa shape index (κ2) is 12.9. The molecule has 0 aliphatic carbocycles. The maximum Gasteiger partial charge on any atom is 0.269 e. The molecule has 2 N–H and O–H groups in total. The number of carbonyl (C=O) groups is 2. The molecule has 202 valence electrons. The summed E-state index contributed by atoms with van der Waals surface area (Å²) in [6.45, 7) is 12.0. The fourth-order valence-corrected chi connectivity index (χ4v) is 4.69. The van der Waals surface area contributed by atoms with E-state index in [0.717, 1.165) is 37.6 Å². The van der Waals surface area contributed by atoms with E-state index < -0.39 is 4.92 Å². The van der Waals surface area contributed by atoms with Gasteiger partial charge in [-0.1, -0.05) is 7.43 Å². The van der Waals surface area contributed by atoms with E-state index in [1.165, 1.54) is 17.8 Å². The molecule has 2 aliphatic rings. The number of amides is 2. The van der Waals surface area contributed by atoms with E-state index >= 15 is 0 Å². The van der Waals surface area contributed by atoms with Crippen LogP contribution in [0.25, 0.3) is 0 Å². The molecule has 37 heavy (non-hydrogen) atoms. The Bertz CT molecular complexity index is 1060. The molecule has 10 nitrogen and oxygen atoms in total. The number of nitrogens with zero attached hydrogens (tertiary/aromatic N) is 5. The third-order valence-electron chi connectivity index (χ3n) is 6.76. The maximum absolute atomic E-state index is 11.3. The Labute approximate surface area is 219 Å². The molecule has 0 aromatic heterocycles. The number of nitro benzene ring substituents is 1. The van der Waals surface area contributed by atoms with E-state index in [9.17, 15) is 19.7 Å². The summed E-state index contributed by atoms with van der Waals surface area (Å²) in [5, 5.41) is 10.6. The van der Waals surface area contributed by atoms with E-state index in [1.54, 1.807) is 26.0 Å². The van der Waals surface area contributed by atoms with Crippen LogP contribution in [-0.2, 0) is 9.59 Å². The first-order chi connectivity index (χ1) is 17.1. The van der Waals surface area contributed by atoms with Gasteiger partial charge in [-0.05, 0) is 50.2 Å². The van der Waals surface area contributed by atoms with Crippen molar-refractivity contribution in [2.45, 2.75) is 47.2 Å². The number of anilines is 3. The van der Waals surface area contributed by atoms with Gasteiger partial charge >= 0.3 is 0 Å². The molecule has 4 rings (SSSR count). The fourth-order valence-electron chi connectivity index (χ4n) is 4.69. The number of non-ortho nitro benzene ring substituents is 1. The van der Waals surface area contributed by atoms with Gasteiger partial charge in [0.15, 0.2) is 0 Å². The van der Waals surface area contributed by atoms with Gasteiger partial charge in [0, 0.05) is 94.4 Å². The van der Waals surface area contributed by atoms with Gasteiger partial charge in [-0.15, -0.1) is 0 Å². The highest BCUT2D eigenvalue weighted by atomic mass is 16.6. The molecule has 2 saturated heterocycles. The zero-order valence-corrected chi connectivity index (χ0v) is 21.5. The lowest BCUT2D eigenvalue weighted by molar-refractivity contribution is -0.384. The summed E-state index contributed by atoms with van der Waals surface area (Å²) in [6.07, 6.45) is 0. The SMILES string of the molecule is C.CC(=O)N1CCN(c2ccc(N)cc2)[C@H](C)C1.CC(=O)N1CCN(c2ccc([N+](=O)[O-])cc2)[C@H](C)C1. The zero-order valence-electron chi connectivity index (χ0n) is 21.5. The van der Waals surface area contributed by atoms with Crippen molar-refractivity contribution in [3.63, 3.8) is 0 Å². The molecule has 0 unspecified atom stereocenters. The number of rotatable bonds is 3. The van der Waals surface area contributed by atoms with E-state index in [-0.39, 0.29) is 31.0 Å². The highest BCUT2D eigenvalue weighted by Gasteiger charge is 2.26. The Hall–Kier alpha value is -3.82. The van der Waals surface area contributed by atoms with Crippen LogP contribution in [0.2, 0.25) is 0 Å². The average molecular weight is 513 g/mol. The highest BCUT2D eigenvalue weighted by Crippen LogP contribution is 2.24. The number of nitrogens with two attached hydrogens (primary N) is 1. The largest absolute Gasteiger partial charge is 0.399 e. The Morgan fingerprint density at radius 2 is 1.16 bits per heavy atom. The Kier molecular flexibility index (Phi) is 10.3. The fraction of sp³-hybridized carbons (Fsp3) is 0.481. The molecule has 0 bridgehead atoms. The summed E-state index contributed by atoms with van der Waals surface area (Å²) in [7, 11) is 0. The first-order valence-electron chi connectivity index (χ1n) is 12.2. The minimum absolute atomic E-state index is 0. The topological polar surface area (TPSA) is 116 Å². The molecule has 2 amide bonds. The first-order valence-corrected chi connectivity index (χ1v) is 12.2. The predicted octanol–water partition coefficient (Wildman–Crippen LogP) is 3.61. The molecule has 10 heteroatoms. The molecule has 2 aromatic carbocycles. The summed E-state index contributed by atoms with van der Waals surface area (Å²) >= 11 is 0. The molecule has 0 radical (unpaired) electrons. The molecule has 2 aliphatic heterocycles. The average Bonchev–Trinajstić information content (AvgIpc) is 2.85. The van der Waals surface area contributed by atoms with Gasteiger partial charge in [0.05, 0.1) is 4.92 Å². The normalized spacial score (nSPS) is 19.4. The third-order valence-corrected chi connectivity index (χ3v) is 6.76. The number of nitrogen functional groups attached to an aromatic ring is 1. The van der Waals surface area contributed by atoms with Gasteiger partial charge in [-0.2, -0.15) is 0 Å². The van der Waals surface area contributed by atoms with Crippen LogP contribution in [0.4, 0.5) is 22.7 Å². The van der Waals surface area contributed by atoms with Crippen LogP contribution in [0.3, 0.4) is 0 Å². The molecule has 0 spiro atoms. The minimum atomic E-state index is -0.402. The van der Waals surface area contributed by atoms with Crippen molar-refractivity contribution in [1.29, 1.82) is 0 Å². The second-order valence-electron chi connectivity index (χ2n) is 9.38. The summed E-state index contributed by atoms with van der Waals surface area (Å²) in [6, 6.07) is 15.0. The van der Waals surface area contributed by atoms with Crippen molar-refractivity contribution in [3.05, 3.63) is 58.6 Å². The van der Waals surface area contributed by atoms with Crippen molar-refractivity contribution in [2.24, 2.45) is 0 Å². The molecule has 2 atom stereocenters. The van der Waals surface area contributed by atoms with Gasteiger partial charge in [0.1, 0.15) is 0 Å². The molecule has 0 saturated carbocycles. The van der Waals surface area contributed by atoms with Crippen LogP contribution in [0.1, 0.15) is 35.1 Å². The number of hydrogen-bond donors (Lipinski definition) is 1. The van der Waals surface area contributed by atoms with E-state index in [0.29, 0.717) is 19.1 Å². The molecular formula is C27H40N6O4. The van der Waals surface area contributed by atoms with Crippen LogP contribution in [-0.4, -0.2) is 77.9 Å². The lowest BCUT2D eigenvalue weighted by Gasteiger charge is -2.41. The van der Waals surface area contributed by atoms with Crippen molar-refractivity contribution in [3.8, 4) is 0 Å². The smallest absolute Gasteiger partial charge is 0.269 e. The quantitative estimate of drug-likeness (QED) is 0.379. The molecule has 2 fully saturated rings. The monoisotopic (exact) mass is 512 g/mol. The van der Waals surface area contributed by atoms with Crippen LogP contribution in [0, 0.1) is 10.1 Å². The molecule has 2 aromatic rings. The van der Waals surface area contributed by atoms with E-state index in [2.05, 4.69) is 23.6 Å².